The standard InChI is InChI=1S/C22H29NO4/c1-22(2,3)16-9-7-8-10-17(16)23-20(24)12-11-15-13-18(25-4)21(27-6)19(14-15)26-5/h7-10,13-14H,11-12H2,1-6H3,(H,23,24). The maximum Gasteiger partial charge on any atom is 0.224 e. The summed E-state index contributed by atoms with van der Waals surface area (Å²) in [6.45, 7) is 6.40. The Morgan fingerprint density at radius 1 is 0.963 bits per heavy atom. The molecule has 5 nitrogen and oxygen atoms in total. The lowest BCUT2D eigenvalue weighted by atomic mass is 9.86. The van der Waals surface area contributed by atoms with Crippen LogP contribution in [0.3, 0.4) is 0 Å². The molecule has 27 heavy (non-hydrogen) atoms. The number of nitrogens with one attached hydrogen (secondary N) is 1. The van der Waals surface area contributed by atoms with Gasteiger partial charge in [-0.2, -0.15) is 0 Å². The van der Waals surface area contributed by atoms with Gasteiger partial charge in [-0.05, 0) is 41.2 Å². The van der Waals surface area contributed by atoms with Crippen molar-refractivity contribution >= 4 is 11.6 Å². The van der Waals surface area contributed by atoms with Crippen molar-refractivity contribution in [3.63, 3.8) is 0 Å². The van der Waals surface area contributed by atoms with Crippen LogP contribution in [0.1, 0.15) is 38.3 Å². The Labute approximate surface area is 161 Å². The van der Waals surface area contributed by atoms with Crippen LogP contribution < -0.4 is 19.5 Å². The quantitative estimate of drug-likeness (QED) is 0.774. The zero-order valence-electron chi connectivity index (χ0n) is 17.0. The summed E-state index contributed by atoms with van der Waals surface area (Å²) in [7, 11) is 4.73. The summed E-state index contributed by atoms with van der Waals surface area (Å²) in [6.07, 6.45) is 0.928. The first kappa shape index (κ1) is 20.6. The van der Waals surface area contributed by atoms with Gasteiger partial charge in [-0.1, -0.05) is 39.0 Å². The van der Waals surface area contributed by atoms with Crippen molar-refractivity contribution in [3.8, 4) is 17.2 Å². The molecule has 0 atom stereocenters. The Hall–Kier alpha value is -2.69. The average Bonchev–Trinajstić information content (AvgIpc) is 2.64. The van der Waals surface area contributed by atoms with Crippen molar-refractivity contribution in [2.45, 2.75) is 39.0 Å². The predicted octanol–water partition coefficient (Wildman–Crippen LogP) is 4.58. The highest BCUT2D eigenvalue weighted by molar-refractivity contribution is 5.91. The molecular weight excluding hydrogens is 342 g/mol. The molecule has 0 saturated carbocycles. The number of para-hydroxylation sites is 1. The third kappa shape index (κ3) is 5.16. The van der Waals surface area contributed by atoms with E-state index in [0.29, 0.717) is 30.1 Å². The fourth-order valence-corrected chi connectivity index (χ4v) is 3.00. The van der Waals surface area contributed by atoms with E-state index in [-0.39, 0.29) is 11.3 Å². The zero-order valence-corrected chi connectivity index (χ0v) is 17.0. The van der Waals surface area contributed by atoms with Crippen LogP contribution in [0.4, 0.5) is 5.69 Å². The molecule has 0 radical (unpaired) electrons. The summed E-state index contributed by atoms with van der Waals surface area (Å²) in [5.74, 6) is 1.70. The highest BCUT2D eigenvalue weighted by Crippen LogP contribution is 2.38. The minimum atomic E-state index is -0.0411. The van der Waals surface area contributed by atoms with E-state index in [9.17, 15) is 4.79 Å². The number of hydrogen-bond donors (Lipinski definition) is 1. The van der Waals surface area contributed by atoms with Crippen LogP contribution in [-0.4, -0.2) is 27.2 Å². The summed E-state index contributed by atoms with van der Waals surface area (Å²) in [5.41, 5.74) is 2.88. The van der Waals surface area contributed by atoms with Gasteiger partial charge < -0.3 is 19.5 Å². The van der Waals surface area contributed by atoms with Gasteiger partial charge in [0.15, 0.2) is 11.5 Å². The molecule has 0 fully saturated rings. The Morgan fingerprint density at radius 3 is 2.07 bits per heavy atom. The number of carbonyl (C=O) groups excluding carboxylic acids is 1. The van der Waals surface area contributed by atoms with Crippen molar-refractivity contribution in [1.29, 1.82) is 0 Å². The van der Waals surface area contributed by atoms with Gasteiger partial charge in [0.05, 0.1) is 21.3 Å². The van der Waals surface area contributed by atoms with Crippen molar-refractivity contribution in [1.82, 2.24) is 0 Å². The third-order valence-electron chi connectivity index (χ3n) is 4.37. The highest BCUT2D eigenvalue weighted by atomic mass is 16.5. The van der Waals surface area contributed by atoms with E-state index in [0.717, 1.165) is 16.8 Å². The minimum absolute atomic E-state index is 0.0274. The molecule has 0 aromatic heterocycles. The molecule has 0 bridgehead atoms. The second-order valence-electron chi connectivity index (χ2n) is 7.38. The number of amides is 1. The topological polar surface area (TPSA) is 56.8 Å². The van der Waals surface area contributed by atoms with Crippen LogP contribution in [0.5, 0.6) is 17.2 Å². The first-order valence-electron chi connectivity index (χ1n) is 8.98. The SMILES string of the molecule is COc1cc(CCC(=O)Nc2ccccc2C(C)(C)C)cc(OC)c1OC. The van der Waals surface area contributed by atoms with E-state index in [2.05, 4.69) is 32.2 Å². The van der Waals surface area contributed by atoms with Gasteiger partial charge in [0, 0.05) is 12.1 Å². The van der Waals surface area contributed by atoms with E-state index in [1.165, 1.54) is 0 Å². The van der Waals surface area contributed by atoms with Gasteiger partial charge in [0.25, 0.3) is 0 Å². The molecule has 5 heteroatoms. The van der Waals surface area contributed by atoms with Crippen molar-refractivity contribution in [3.05, 3.63) is 47.5 Å². The first-order valence-corrected chi connectivity index (χ1v) is 8.98. The molecule has 1 amide bonds. The molecule has 0 saturated heterocycles. The number of aryl methyl sites for hydroxylation is 1. The van der Waals surface area contributed by atoms with E-state index >= 15 is 0 Å². The lowest BCUT2D eigenvalue weighted by molar-refractivity contribution is -0.116. The molecule has 0 aliphatic rings. The van der Waals surface area contributed by atoms with Crippen LogP contribution in [0, 0.1) is 0 Å². The number of ether oxygens (including phenoxy) is 3. The molecule has 0 unspecified atom stereocenters. The monoisotopic (exact) mass is 371 g/mol. The first-order chi connectivity index (χ1) is 12.8. The number of rotatable bonds is 7. The summed E-state index contributed by atoms with van der Waals surface area (Å²) in [4.78, 5) is 12.5. The summed E-state index contributed by atoms with van der Waals surface area (Å²) < 4.78 is 16.1. The molecule has 146 valence electrons. The zero-order chi connectivity index (χ0) is 20.0. The maximum absolute atomic E-state index is 12.5. The fourth-order valence-electron chi connectivity index (χ4n) is 3.00. The number of anilines is 1. The van der Waals surface area contributed by atoms with Crippen LogP contribution in [0.25, 0.3) is 0 Å². The maximum atomic E-state index is 12.5. The lowest BCUT2D eigenvalue weighted by Gasteiger charge is -2.23. The minimum Gasteiger partial charge on any atom is -0.493 e. The lowest BCUT2D eigenvalue weighted by Crippen LogP contribution is -2.18. The van der Waals surface area contributed by atoms with E-state index in [1.54, 1.807) is 21.3 Å². The van der Waals surface area contributed by atoms with Gasteiger partial charge in [0.2, 0.25) is 11.7 Å². The van der Waals surface area contributed by atoms with Gasteiger partial charge in [-0.15, -0.1) is 0 Å². The van der Waals surface area contributed by atoms with Crippen LogP contribution >= 0.6 is 0 Å². The van der Waals surface area contributed by atoms with E-state index in [1.807, 2.05) is 30.3 Å². The predicted molar refractivity (Wildman–Crippen MR) is 108 cm³/mol. The van der Waals surface area contributed by atoms with Crippen LogP contribution in [0.2, 0.25) is 0 Å². The van der Waals surface area contributed by atoms with Crippen molar-refractivity contribution in [2.24, 2.45) is 0 Å². The van der Waals surface area contributed by atoms with Gasteiger partial charge in [-0.25, -0.2) is 0 Å². The Morgan fingerprint density at radius 2 is 1.56 bits per heavy atom. The van der Waals surface area contributed by atoms with Crippen LogP contribution in [0.15, 0.2) is 36.4 Å². The van der Waals surface area contributed by atoms with E-state index in [4.69, 9.17) is 14.2 Å². The normalized spacial score (nSPS) is 11.0. The highest BCUT2D eigenvalue weighted by Gasteiger charge is 2.19. The molecule has 0 spiro atoms. The van der Waals surface area contributed by atoms with Crippen LogP contribution in [-0.2, 0) is 16.6 Å². The fraction of sp³-hybridized carbons (Fsp3) is 0.409. The van der Waals surface area contributed by atoms with Gasteiger partial charge in [0.1, 0.15) is 0 Å². The molecule has 0 aliphatic carbocycles. The molecule has 2 aromatic rings. The molecule has 1 N–H and O–H groups in total. The summed E-state index contributed by atoms with van der Waals surface area (Å²) >= 11 is 0. The molecular formula is C22H29NO4. The Bertz CT molecular complexity index is 768. The van der Waals surface area contributed by atoms with E-state index < -0.39 is 0 Å². The van der Waals surface area contributed by atoms with Crippen molar-refractivity contribution in [2.75, 3.05) is 26.6 Å². The summed E-state index contributed by atoms with van der Waals surface area (Å²) in [6, 6.07) is 11.7. The molecule has 2 rings (SSSR count). The number of methoxy groups -OCH3 is 3. The smallest absolute Gasteiger partial charge is 0.224 e. The molecule has 2 aromatic carbocycles. The second-order valence-corrected chi connectivity index (χ2v) is 7.38. The Balaban J connectivity index is 2.11. The van der Waals surface area contributed by atoms with Gasteiger partial charge >= 0.3 is 0 Å². The summed E-state index contributed by atoms with van der Waals surface area (Å²) in [5, 5.41) is 3.04. The second kappa shape index (κ2) is 8.80. The van der Waals surface area contributed by atoms with Gasteiger partial charge in [-0.3, -0.25) is 4.79 Å². The molecule has 0 aliphatic heterocycles. The largest absolute Gasteiger partial charge is 0.493 e. The average molecular weight is 371 g/mol. The number of benzene rings is 2. The number of carbonyl (C=O) groups is 1. The number of hydrogen-bond acceptors (Lipinski definition) is 4. The van der Waals surface area contributed by atoms with Crippen molar-refractivity contribution < 1.29 is 19.0 Å². The molecule has 0 heterocycles. The third-order valence-corrected chi connectivity index (χ3v) is 4.37. The Kier molecular flexibility index (Phi) is 6.72.